The Morgan fingerprint density at radius 2 is 1.76 bits per heavy atom. The lowest BCUT2D eigenvalue weighted by atomic mass is 10.1. The van der Waals surface area contributed by atoms with Gasteiger partial charge in [-0.2, -0.15) is 0 Å². The van der Waals surface area contributed by atoms with Crippen LogP contribution >= 0.6 is 0 Å². The predicted octanol–water partition coefficient (Wildman–Crippen LogP) is 3.30. The van der Waals surface area contributed by atoms with Crippen molar-refractivity contribution in [2.75, 3.05) is 0 Å². The van der Waals surface area contributed by atoms with E-state index in [0.717, 1.165) is 16.2 Å². The summed E-state index contributed by atoms with van der Waals surface area (Å²) in [7, 11) is 0. The van der Waals surface area contributed by atoms with Gasteiger partial charge in [-0.25, -0.2) is 4.98 Å². The Hall–Kier alpha value is -2.49. The molecule has 3 aromatic rings. The van der Waals surface area contributed by atoms with Crippen LogP contribution in [0.5, 0.6) is 0 Å². The summed E-state index contributed by atoms with van der Waals surface area (Å²) in [5.41, 5.74) is 0.490. The maximum Gasteiger partial charge on any atom is 0.295 e. The van der Waals surface area contributed by atoms with E-state index >= 15 is 0 Å². The maximum atomic E-state index is 10.9. The second-order valence-electron chi connectivity index (χ2n) is 3.78. The van der Waals surface area contributed by atoms with E-state index in [0.29, 0.717) is 5.52 Å². The Balaban J connectivity index is 2.52. The summed E-state index contributed by atoms with van der Waals surface area (Å²) in [5, 5.41) is 13.7. The minimum Gasteiger partial charge on any atom is -0.258 e. The summed E-state index contributed by atoms with van der Waals surface area (Å²) in [6.07, 6.45) is 1.67. The van der Waals surface area contributed by atoms with Crippen LogP contribution in [0, 0.1) is 10.1 Å². The molecule has 1 heterocycles. The standard InChI is InChI=1S/C13H8N2O2/c16-15(17)12-7-3-6-11-10-5-2-1-4-9(10)8-14-13(11)12/h1-8H. The number of nitro groups is 1. The fraction of sp³-hybridized carbons (Fsp3) is 0. The minimum atomic E-state index is -0.399. The first kappa shape index (κ1) is 9.72. The molecule has 0 bridgehead atoms. The Kier molecular flexibility index (Phi) is 2.01. The average Bonchev–Trinajstić information content (AvgIpc) is 2.37. The van der Waals surface area contributed by atoms with Gasteiger partial charge < -0.3 is 0 Å². The molecule has 4 nitrogen and oxygen atoms in total. The van der Waals surface area contributed by atoms with Crippen LogP contribution in [0.25, 0.3) is 21.7 Å². The van der Waals surface area contributed by atoms with Crippen molar-refractivity contribution in [1.82, 2.24) is 4.98 Å². The first-order valence-corrected chi connectivity index (χ1v) is 5.18. The molecule has 0 atom stereocenters. The Bertz CT molecular complexity index is 738. The van der Waals surface area contributed by atoms with Gasteiger partial charge in [0.05, 0.1) is 4.92 Å². The van der Waals surface area contributed by atoms with Gasteiger partial charge in [-0.3, -0.25) is 10.1 Å². The van der Waals surface area contributed by atoms with Crippen molar-refractivity contribution in [2.45, 2.75) is 0 Å². The number of fused-ring (bicyclic) bond motifs is 3. The van der Waals surface area contributed by atoms with Gasteiger partial charge in [-0.1, -0.05) is 36.4 Å². The number of benzene rings is 2. The van der Waals surface area contributed by atoms with Gasteiger partial charge in [0.1, 0.15) is 5.52 Å². The number of nitro benzene ring substituents is 1. The fourth-order valence-electron chi connectivity index (χ4n) is 2.02. The number of nitrogens with zero attached hydrogens (tertiary/aromatic N) is 2. The van der Waals surface area contributed by atoms with Crippen molar-refractivity contribution in [1.29, 1.82) is 0 Å². The minimum absolute atomic E-state index is 0.0493. The second kappa shape index (κ2) is 3.52. The lowest BCUT2D eigenvalue weighted by Gasteiger charge is -2.02. The molecule has 0 unspecified atom stereocenters. The van der Waals surface area contributed by atoms with Crippen LogP contribution in [0.2, 0.25) is 0 Å². The molecule has 2 aromatic carbocycles. The molecule has 0 aliphatic carbocycles. The van der Waals surface area contributed by atoms with Gasteiger partial charge >= 0.3 is 0 Å². The third-order valence-corrected chi connectivity index (χ3v) is 2.80. The summed E-state index contributed by atoms with van der Waals surface area (Å²) < 4.78 is 0. The Labute approximate surface area is 96.7 Å². The van der Waals surface area contributed by atoms with Crippen molar-refractivity contribution in [3.63, 3.8) is 0 Å². The zero-order valence-electron chi connectivity index (χ0n) is 8.83. The zero-order valence-corrected chi connectivity index (χ0v) is 8.83. The van der Waals surface area contributed by atoms with E-state index in [1.54, 1.807) is 12.3 Å². The van der Waals surface area contributed by atoms with Crippen molar-refractivity contribution in [3.05, 3.63) is 58.8 Å². The lowest BCUT2D eigenvalue weighted by Crippen LogP contribution is -1.91. The quantitative estimate of drug-likeness (QED) is 0.362. The summed E-state index contributed by atoms with van der Waals surface area (Å²) in [5.74, 6) is 0. The molecule has 17 heavy (non-hydrogen) atoms. The number of hydrogen-bond donors (Lipinski definition) is 0. The molecule has 0 aliphatic rings. The van der Waals surface area contributed by atoms with Crippen molar-refractivity contribution in [2.24, 2.45) is 0 Å². The van der Waals surface area contributed by atoms with Crippen LogP contribution in [0.1, 0.15) is 0 Å². The summed E-state index contributed by atoms with van der Waals surface area (Å²) in [6, 6.07) is 12.8. The number of pyridine rings is 1. The Morgan fingerprint density at radius 1 is 1.00 bits per heavy atom. The number of non-ortho nitro benzene ring substituents is 1. The molecular formula is C13H8N2O2. The Morgan fingerprint density at radius 3 is 2.59 bits per heavy atom. The molecule has 4 heteroatoms. The van der Waals surface area contributed by atoms with Crippen LogP contribution < -0.4 is 0 Å². The fourth-order valence-corrected chi connectivity index (χ4v) is 2.02. The molecule has 0 radical (unpaired) electrons. The molecular weight excluding hydrogens is 216 g/mol. The van der Waals surface area contributed by atoms with E-state index in [1.807, 2.05) is 30.3 Å². The molecule has 0 spiro atoms. The SMILES string of the molecule is O=[N+]([O-])c1cccc2c1ncc1ccccc12. The number of hydrogen-bond acceptors (Lipinski definition) is 3. The first-order chi connectivity index (χ1) is 8.27. The highest BCUT2D eigenvalue weighted by Crippen LogP contribution is 2.28. The lowest BCUT2D eigenvalue weighted by molar-refractivity contribution is -0.383. The highest BCUT2D eigenvalue weighted by Gasteiger charge is 2.13. The number of para-hydroxylation sites is 1. The molecule has 0 saturated carbocycles. The van der Waals surface area contributed by atoms with Gasteiger partial charge in [0, 0.05) is 23.0 Å². The summed E-state index contributed by atoms with van der Waals surface area (Å²) in [6.45, 7) is 0. The van der Waals surface area contributed by atoms with Gasteiger partial charge in [-0.05, 0) is 5.39 Å². The van der Waals surface area contributed by atoms with Crippen LogP contribution in [0.15, 0.2) is 48.7 Å². The van der Waals surface area contributed by atoms with Crippen molar-refractivity contribution < 1.29 is 4.92 Å². The molecule has 82 valence electrons. The topological polar surface area (TPSA) is 56.0 Å². The third kappa shape index (κ3) is 1.42. The van der Waals surface area contributed by atoms with E-state index in [9.17, 15) is 10.1 Å². The van der Waals surface area contributed by atoms with Gasteiger partial charge in [-0.15, -0.1) is 0 Å². The smallest absolute Gasteiger partial charge is 0.258 e. The average molecular weight is 224 g/mol. The van der Waals surface area contributed by atoms with Crippen LogP contribution in [0.3, 0.4) is 0 Å². The van der Waals surface area contributed by atoms with Crippen LogP contribution in [0.4, 0.5) is 5.69 Å². The largest absolute Gasteiger partial charge is 0.295 e. The molecule has 1 aromatic heterocycles. The van der Waals surface area contributed by atoms with Crippen LogP contribution in [-0.2, 0) is 0 Å². The van der Waals surface area contributed by atoms with Gasteiger partial charge in [0.2, 0.25) is 0 Å². The van der Waals surface area contributed by atoms with E-state index in [2.05, 4.69) is 4.98 Å². The molecule has 3 rings (SSSR count). The summed E-state index contributed by atoms with van der Waals surface area (Å²) in [4.78, 5) is 14.7. The summed E-state index contributed by atoms with van der Waals surface area (Å²) >= 11 is 0. The van der Waals surface area contributed by atoms with Gasteiger partial charge in [0.25, 0.3) is 5.69 Å². The number of aromatic nitrogens is 1. The van der Waals surface area contributed by atoms with E-state index in [1.165, 1.54) is 6.07 Å². The zero-order chi connectivity index (χ0) is 11.8. The van der Waals surface area contributed by atoms with Crippen molar-refractivity contribution >= 4 is 27.4 Å². The molecule has 0 N–H and O–H groups in total. The highest BCUT2D eigenvalue weighted by atomic mass is 16.6. The normalized spacial score (nSPS) is 10.8. The van der Waals surface area contributed by atoms with Crippen molar-refractivity contribution in [3.8, 4) is 0 Å². The monoisotopic (exact) mass is 224 g/mol. The maximum absolute atomic E-state index is 10.9. The van der Waals surface area contributed by atoms with Crippen LogP contribution in [-0.4, -0.2) is 9.91 Å². The van der Waals surface area contributed by atoms with E-state index in [4.69, 9.17) is 0 Å². The molecule has 0 aliphatic heterocycles. The highest BCUT2D eigenvalue weighted by molar-refractivity contribution is 6.07. The third-order valence-electron chi connectivity index (χ3n) is 2.80. The van der Waals surface area contributed by atoms with Gasteiger partial charge in [0.15, 0.2) is 0 Å². The number of rotatable bonds is 1. The molecule has 0 amide bonds. The molecule has 0 saturated heterocycles. The first-order valence-electron chi connectivity index (χ1n) is 5.18. The molecule has 0 fully saturated rings. The second-order valence-corrected chi connectivity index (χ2v) is 3.78. The predicted molar refractivity (Wildman–Crippen MR) is 65.9 cm³/mol. The van der Waals surface area contributed by atoms with E-state index in [-0.39, 0.29) is 5.69 Å². The van der Waals surface area contributed by atoms with E-state index < -0.39 is 4.92 Å².